The Balaban J connectivity index is 2.86. The normalized spacial score (nSPS) is 10.0. The number of ether oxygens (including phenoxy) is 2. The van der Waals surface area contributed by atoms with Crippen LogP contribution >= 0.6 is 28.1 Å². The Morgan fingerprint density at radius 1 is 1.47 bits per heavy atom. The van der Waals surface area contributed by atoms with E-state index in [2.05, 4.69) is 15.9 Å². The van der Waals surface area contributed by atoms with Gasteiger partial charge in [0.25, 0.3) is 0 Å². The van der Waals surface area contributed by atoms with E-state index >= 15 is 0 Å². The van der Waals surface area contributed by atoms with Crippen LogP contribution in [-0.4, -0.2) is 25.3 Å². The molecular weight excluding hydrogens is 278 g/mol. The number of rotatable bonds is 5. The van der Waals surface area contributed by atoms with E-state index in [0.29, 0.717) is 24.0 Å². The summed E-state index contributed by atoms with van der Waals surface area (Å²) in [5.41, 5.74) is 6.34. The summed E-state index contributed by atoms with van der Waals surface area (Å²) in [5.74, 6) is 0.675. The summed E-state index contributed by atoms with van der Waals surface area (Å²) >= 11 is 8.33. The average molecular weight is 290 g/mol. The Hall–Kier alpha value is -0.650. The first-order valence-corrected chi connectivity index (χ1v) is 5.57. The van der Waals surface area contributed by atoms with Gasteiger partial charge in [-0.1, -0.05) is 18.3 Å². The number of methoxy groups -OCH3 is 1. The highest BCUT2D eigenvalue weighted by atomic mass is 79.9. The van der Waals surface area contributed by atoms with Gasteiger partial charge in [-0.2, -0.15) is 0 Å². The zero-order chi connectivity index (χ0) is 11.3. The summed E-state index contributed by atoms with van der Waals surface area (Å²) in [5, 5.41) is 0. The number of benzene rings is 1. The number of hydrogen-bond donors (Lipinski definition) is 1. The van der Waals surface area contributed by atoms with E-state index in [0.717, 1.165) is 10.0 Å². The van der Waals surface area contributed by atoms with Crippen molar-refractivity contribution in [1.82, 2.24) is 0 Å². The lowest BCUT2D eigenvalue weighted by atomic mass is 10.2. The molecule has 0 aliphatic rings. The van der Waals surface area contributed by atoms with Crippen molar-refractivity contribution >= 4 is 33.1 Å². The van der Waals surface area contributed by atoms with Gasteiger partial charge in [-0.3, -0.25) is 0 Å². The van der Waals surface area contributed by atoms with Crippen LogP contribution in [0.4, 0.5) is 0 Å². The van der Waals surface area contributed by atoms with Crippen molar-refractivity contribution < 1.29 is 9.47 Å². The standard InChI is InChI=1S/C10H12BrNO2S/c1-13-5-6-14-8-4-2-3-7(11)9(8)10(12)15/h2-4H,5-6H2,1H3,(H2,12,15). The molecule has 15 heavy (non-hydrogen) atoms. The van der Waals surface area contributed by atoms with E-state index in [4.69, 9.17) is 27.4 Å². The second kappa shape index (κ2) is 6.05. The molecule has 1 rings (SSSR count). The first-order chi connectivity index (χ1) is 7.16. The molecule has 0 saturated carbocycles. The molecular formula is C10H12BrNO2S. The van der Waals surface area contributed by atoms with Crippen LogP contribution in [-0.2, 0) is 4.74 Å². The van der Waals surface area contributed by atoms with E-state index in [1.54, 1.807) is 7.11 Å². The molecule has 0 aromatic heterocycles. The quantitative estimate of drug-likeness (QED) is 0.666. The molecule has 1 aromatic carbocycles. The smallest absolute Gasteiger partial charge is 0.130 e. The van der Waals surface area contributed by atoms with Gasteiger partial charge in [0.2, 0.25) is 0 Å². The van der Waals surface area contributed by atoms with Crippen molar-refractivity contribution in [2.45, 2.75) is 0 Å². The summed E-state index contributed by atoms with van der Waals surface area (Å²) < 4.78 is 11.2. The lowest BCUT2D eigenvalue weighted by molar-refractivity contribution is 0.146. The second-order valence-corrected chi connectivity index (χ2v) is 4.11. The average Bonchev–Trinajstić information content (AvgIpc) is 2.17. The molecule has 0 atom stereocenters. The first kappa shape index (κ1) is 12.4. The molecule has 0 aliphatic heterocycles. The van der Waals surface area contributed by atoms with Crippen LogP contribution in [0.2, 0.25) is 0 Å². The molecule has 0 fully saturated rings. The van der Waals surface area contributed by atoms with Crippen LogP contribution in [0, 0.1) is 0 Å². The van der Waals surface area contributed by atoms with Crippen LogP contribution in [0.3, 0.4) is 0 Å². The minimum absolute atomic E-state index is 0.315. The minimum Gasteiger partial charge on any atom is -0.490 e. The fourth-order valence-electron chi connectivity index (χ4n) is 1.10. The van der Waals surface area contributed by atoms with Crippen molar-refractivity contribution in [3.8, 4) is 5.75 Å². The number of hydrogen-bond acceptors (Lipinski definition) is 3. The van der Waals surface area contributed by atoms with Crippen molar-refractivity contribution in [2.75, 3.05) is 20.3 Å². The number of thiocarbonyl (C=S) groups is 1. The topological polar surface area (TPSA) is 44.5 Å². The Labute approximate surface area is 103 Å². The summed E-state index contributed by atoms with van der Waals surface area (Å²) in [6.07, 6.45) is 0. The van der Waals surface area contributed by atoms with Gasteiger partial charge >= 0.3 is 0 Å². The Bertz CT molecular complexity index is 357. The molecule has 0 heterocycles. The van der Waals surface area contributed by atoms with Crippen LogP contribution in [0.25, 0.3) is 0 Å². The summed E-state index contributed by atoms with van der Waals surface area (Å²) in [4.78, 5) is 0.315. The predicted molar refractivity (Wildman–Crippen MR) is 67.4 cm³/mol. The van der Waals surface area contributed by atoms with E-state index in [9.17, 15) is 0 Å². The predicted octanol–water partition coefficient (Wildman–Crippen LogP) is 2.11. The molecule has 0 radical (unpaired) electrons. The number of nitrogens with two attached hydrogens (primary N) is 1. The van der Waals surface area contributed by atoms with Crippen molar-refractivity contribution in [3.05, 3.63) is 28.2 Å². The SMILES string of the molecule is COCCOc1cccc(Br)c1C(N)=S. The number of halogens is 1. The maximum Gasteiger partial charge on any atom is 0.130 e. The van der Waals surface area contributed by atoms with Gasteiger partial charge < -0.3 is 15.2 Å². The fraction of sp³-hybridized carbons (Fsp3) is 0.300. The van der Waals surface area contributed by atoms with Gasteiger partial charge in [0.1, 0.15) is 17.3 Å². The monoisotopic (exact) mass is 289 g/mol. The Morgan fingerprint density at radius 3 is 2.80 bits per heavy atom. The molecule has 0 amide bonds. The van der Waals surface area contributed by atoms with Crippen molar-refractivity contribution in [2.24, 2.45) is 5.73 Å². The van der Waals surface area contributed by atoms with E-state index in [1.165, 1.54) is 0 Å². The first-order valence-electron chi connectivity index (χ1n) is 4.37. The van der Waals surface area contributed by atoms with Crippen LogP contribution in [0.1, 0.15) is 5.56 Å². The molecule has 5 heteroatoms. The minimum atomic E-state index is 0.315. The maximum absolute atomic E-state index is 5.61. The lowest BCUT2D eigenvalue weighted by Crippen LogP contribution is -2.14. The molecule has 82 valence electrons. The van der Waals surface area contributed by atoms with Gasteiger partial charge in [0.15, 0.2) is 0 Å². The van der Waals surface area contributed by atoms with Crippen LogP contribution in [0.15, 0.2) is 22.7 Å². The third-order valence-corrected chi connectivity index (χ3v) is 2.63. The molecule has 0 spiro atoms. The van der Waals surface area contributed by atoms with Gasteiger partial charge in [-0.05, 0) is 28.1 Å². The van der Waals surface area contributed by atoms with Crippen LogP contribution < -0.4 is 10.5 Å². The molecule has 1 aromatic rings. The summed E-state index contributed by atoms with van der Waals surface area (Å²) in [7, 11) is 1.62. The highest BCUT2D eigenvalue weighted by molar-refractivity contribution is 9.10. The molecule has 3 nitrogen and oxygen atoms in total. The molecule has 2 N–H and O–H groups in total. The third kappa shape index (κ3) is 3.44. The summed E-state index contributed by atoms with van der Waals surface area (Å²) in [6, 6.07) is 5.57. The molecule has 0 saturated heterocycles. The van der Waals surface area contributed by atoms with E-state index < -0.39 is 0 Å². The zero-order valence-electron chi connectivity index (χ0n) is 8.33. The lowest BCUT2D eigenvalue weighted by Gasteiger charge is -2.11. The van der Waals surface area contributed by atoms with E-state index in [-0.39, 0.29) is 0 Å². The zero-order valence-corrected chi connectivity index (χ0v) is 10.7. The Morgan fingerprint density at radius 2 is 2.20 bits per heavy atom. The largest absolute Gasteiger partial charge is 0.490 e. The van der Waals surface area contributed by atoms with Gasteiger partial charge in [-0.25, -0.2) is 0 Å². The maximum atomic E-state index is 5.61. The fourth-order valence-corrected chi connectivity index (χ4v) is 2.00. The van der Waals surface area contributed by atoms with Crippen LogP contribution in [0.5, 0.6) is 5.75 Å². The Kier molecular flexibility index (Phi) is 5.01. The van der Waals surface area contributed by atoms with Gasteiger partial charge in [-0.15, -0.1) is 0 Å². The highest BCUT2D eigenvalue weighted by Crippen LogP contribution is 2.26. The summed E-state index contributed by atoms with van der Waals surface area (Å²) in [6.45, 7) is 1.01. The molecule has 0 bridgehead atoms. The third-order valence-electron chi connectivity index (χ3n) is 1.77. The molecule has 0 aliphatic carbocycles. The molecule has 0 unspecified atom stereocenters. The van der Waals surface area contributed by atoms with Crippen molar-refractivity contribution in [1.29, 1.82) is 0 Å². The van der Waals surface area contributed by atoms with Crippen molar-refractivity contribution in [3.63, 3.8) is 0 Å². The van der Waals surface area contributed by atoms with Gasteiger partial charge in [0, 0.05) is 11.6 Å². The van der Waals surface area contributed by atoms with Gasteiger partial charge in [0.05, 0.1) is 12.2 Å². The van der Waals surface area contributed by atoms with E-state index in [1.807, 2.05) is 18.2 Å². The second-order valence-electron chi connectivity index (χ2n) is 2.82. The highest BCUT2D eigenvalue weighted by Gasteiger charge is 2.09.